The van der Waals surface area contributed by atoms with Crippen LogP contribution >= 0.6 is 7.75 Å². The van der Waals surface area contributed by atoms with E-state index in [0.29, 0.717) is 0 Å². The normalized spacial score (nSPS) is 15.9. The van der Waals surface area contributed by atoms with Gasteiger partial charge in [-0.05, 0) is 0 Å². The molecule has 0 aliphatic rings. The third-order valence-electron chi connectivity index (χ3n) is 0.699. The summed E-state index contributed by atoms with van der Waals surface area (Å²) in [5.74, 6) is -0.729. The lowest BCUT2D eigenvalue weighted by molar-refractivity contribution is -0.118. The summed E-state index contributed by atoms with van der Waals surface area (Å²) in [4.78, 5) is 18.9. The zero-order valence-corrected chi connectivity index (χ0v) is 6.30. The van der Waals surface area contributed by atoms with Crippen molar-refractivity contribution in [2.75, 3.05) is 13.7 Å². The van der Waals surface area contributed by atoms with Gasteiger partial charge in [0.15, 0.2) is 0 Å². The van der Waals surface area contributed by atoms with Gasteiger partial charge in [0.25, 0.3) is 0 Å². The first kappa shape index (κ1) is 9.58. The minimum Gasteiger partial charge on any atom is -0.322 e. The molecule has 0 aromatic carbocycles. The molecule has 0 fully saturated rings. The van der Waals surface area contributed by atoms with Gasteiger partial charge in [0, 0.05) is 7.11 Å². The van der Waals surface area contributed by atoms with Crippen LogP contribution in [0.5, 0.6) is 0 Å². The average molecular weight is 168 g/mol. The van der Waals surface area contributed by atoms with Gasteiger partial charge in [0.05, 0.1) is 6.54 Å². The molecule has 0 heterocycles. The monoisotopic (exact) mass is 168 g/mol. The van der Waals surface area contributed by atoms with Crippen LogP contribution in [0.3, 0.4) is 0 Å². The van der Waals surface area contributed by atoms with Crippen molar-refractivity contribution in [3.8, 4) is 0 Å². The van der Waals surface area contributed by atoms with Crippen LogP contribution < -0.4 is 10.8 Å². The maximum Gasteiger partial charge on any atom is 0.432 e. The summed E-state index contributed by atoms with van der Waals surface area (Å²) in [6.45, 7) is -0.339. The number of hydrogen-bond donors (Lipinski definition) is 3. The van der Waals surface area contributed by atoms with Crippen molar-refractivity contribution in [1.29, 1.82) is 0 Å². The predicted molar refractivity (Wildman–Crippen MR) is 34.0 cm³/mol. The molecule has 0 bridgehead atoms. The van der Waals surface area contributed by atoms with Gasteiger partial charge >= 0.3 is 7.75 Å². The Kier molecular flexibility index (Phi) is 3.52. The third-order valence-corrected chi connectivity index (χ3v) is 1.73. The van der Waals surface area contributed by atoms with Crippen LogP contribution in [-0.4, -0.2) is 24.5 Å². The Labute approximate surface area is 57.9 Å². The molecule has 0 rings (SSSR count). The minimum atomic E-state index is -3.93. The van der Waals surface area contributed by atoms with Crippen molar-refractivity contribution in [3.63, 3.8) is 0 Å². The molecule has 7 heteroatoms. The summed E-state index contributed by atoms with van der Waals surface area (Å²) in [6.07, 6.45) is 0. The molecule has 0 saturated heterocycles. The topological polar surface area (TPSA) is 102 Å². The van der Waals surface area contributed by atoms with Gasteiger partial charge in [-0.3, -0.25) is 14.4 Å². The second-order valence-corrected chi connectivity index (χ2v) is 3.07. The van der Waals surface area contributed by atoms with E-state index in [0.717, 1.165) is 7.11 Å². The fraction of sp³-hybridized carbons (Fsp3) is 0.667. The maximum absolute atomic E-state index is 10.5. The Hall–Kier alpha value is -0.420. The van der Waals surface area contributed by atoms with E-state index in [1.165, 1.54) is 0 Å². The van der Waals surface area contributed by atoms with E-state index < -0.39 is 13.7 Å². The summed E-state index contributed by atoms with van der Waals surface area (Å²) in [5, 5.41) is 1.68. The van der Waals surface area contributed by atoms with Crippen LogP contribution in [0.4, 0.5) is 0 Å². The molecular formula is C3H9N2O4P. The standard InChI is InChI=1S/C3H9N2O4P/c1-9-10(7,8)5-3(6)2-4/h2,4H2,1H3,(H2,5,6,7,8). The summed E-state index contributed by atoms with van der Waals surface area (Å²) in [7, 11) is -2.91. The number of hydrogen-bond acceptors (Lipinski definition) is 4. The Morgan fingerprint density at radius 1 is 1.90 bits per heavy atom. The molecule has 1 atom stereocenters. The highest BCUT2D eigenvalue weighted by atomic mass is 31.2. The van der Waals surface area contributed by atoms with Gasteiger partial charge in [-0.15, -0.1) is 0 Å². The number of rotatable bonds is 3. The third kappa shape index (κ3) is 3.58. The zero-order valence-electron chi connectivity index (χ0n) is 5.40. The number of nitrogens with one attached hydrogen (secondary N) is 1. The van der Waals surface area contributed by atoms with Crippen molar-refractivity contribution in [1.82, 2.24) is 5.09 Å². The van der Waals surface area contributed by atoms with Crippen molar-refractivity contribution in [2.24, 2.45) is 5.73 Å². The van der Waals surface area contributed by atoms with E-state index >= 15 is 0 Å². The van der Waals surface area contributed by atoms with Crippen molar-refractivity contribution in [3.05, 3.63) is 0 Å². The summed E-state index contributed by atoms with van der Waals surface area (Å²) in [6, 6.07) is 0. The zero-order chi connectivity index (χ0) is 8.20. The number of carbonyl (C=O) groups is 1. The van der Waals surface area contributed by atoms with Crippen molar-refractivity contribution >= 4 is 13.7 Å². The Morgan fingerprint density at radius 3 is 2.70 bits per heavy atom. The van der Waals surface area contributed by atoms with Crippen LogP contribution in [-0.2, 0) is 13.9 Å². The largest absolute Gasteiger partial charge is 0.432 e. The molecule has 0 aromatic rings. The predicted octanol–water partition coefficient (Wildman–Crippen LogP) is -1.19. The van der Waals surface area contributed by atoms with Gasteiger partial charge in [0.1, 0.15) is 0 Å². The highest BCUT2D eigenvalue weighted by Gasteiger charge is 2.18. The summed E-state index contributed by atoms with van der Waals surface area (Å²) in [5.41, 5.74) is 4.83. The van der Waals surface area contributed by atoms with E-state index in [9.17, 15) is 9.36 Å². The molecule has 6 nitrogen and oxygen atoms in total. The van der Waals surface area contributed by atoms with Gasteiger partial charge in [-0.25, -0.2) is 4.57 Å². The average Bonchev–Trinajstić information content (AvgIpc) is 1.87. The molecule has 4 N–H and O–H groups in total. The highest BCUT2D eigenvalue weighted by Crippen LogP contribution is 2.34. The molecule has 1 amide bonds. The van der Waals surface area contributed by atoms with Crippen LogP contribution in [0.2, 0.25) is 0 Å². The van der Waals surface area contributed by atoms with Crippen molar-refractivity contribution in [2.45, 2.75) is 0 Å². The summed E-state index contributed by atoms with van der Waals surface area (Å²) >= 11 is 0. The molecule has 0 aliphatic carbocycles. The smallest absolute Gasteiger partial charge is 0.322 e. The molecule has 10 heavy (non-hydrogen) atoms. The van der Waals surface area contributed by atoms with Gasteiger partial charge < -0.3 is 10.6 Å². The Balaban J connectivity index is 3.89. The van der Waals surface area contributed by atoms with Crippen molar-refractivity contribution < 1.29 is 18.8 Å². The Bertz CT molecular complexity index is 170. The first-order chi connectivity index (χ1) is 4.52. The lowest BCUT2D eigenvalue weighted by atomic mass is 10.7. The minimum absolute atomic E-state index is 0.339. The van der Waals surface area contributed by atoms with E-state index in [-0.39, 0.29) is 6.54 Å². The van der Waals surface area contributed by atoms with Crippen LogP contribution in [0, 0.1) is 0 Å². The first-order valence-electron chi connectivity index (χ1n) is 2.41. The molecular weight excluding hydrogens is 159 g/mol. The quantitative estimate of drug-likeness (QED) is 0.460. The van der Waals surface area contributed by atoms with E-state index in [1.807, 2.05) is 0 Å². The van der Waals surface area contributed by atoms with Crippen LogP contribution in [0.1, 0.15) is 0 Å². The SMILES string of the molecule is COP(=O)(O)NC(=O)CN. The van der Waals surface area contributed by atoms with E-state index in [1.54, 1.807) is 5.09 Å². The molecule has 0 spiro atoms. The van der Waals surface area contributed by atoms with Crippen LogP contribution in [0.15, 0.2) is 0 Å². The van der Waals surface area contributed by atoms with E-state index in [4.69, 9.17) is 10.6 Å². The second-order valence-electron chi connectivity index (χ2n) is 1.44. The first-order valence-corrected chi connectivity index (χ1v) is 3.99. The molecule has 60 valence electrons. The van der Waals surface area contributed by atoms with Gasteiger partial charge in [0.2, 0.25) is 5.91 Å². The van der Waals surface area contributed by atoms with Crippen LogP contribution in [0.25, 0.3) is 0 Å². The second kappa shape index (κ2) is 3.68. The molecule has 0 aromatic heterocycles. The Morgan fingerprint density at radius 2 is 2.40 bits per heavy atom. The van der Waals surface area contributed by atoms with E-state index in [2.05, 4.69) is 4.52 Å². The molecule has 0 aliphatic heterocycles. The fourth-order valence-electron chi connectivity index (χ4n) is 0.249. The fourth-order valence-corrected chi connectivity index (χ4v) is 0.747. The molecule has 1 unspecified atom stereocenters. The molecule has 0 radical (unpaired) electrons. The number of amides is 1. The molecule has 0 saturated carbocycles. The number of nitrogens with two attached hydrogens (primary N) is 1. The lowest BCUT2D eigenvalue weighted by Crippen LogP contribution is -2.28. The highest BCUT2D eigenvalue weighted by molar-refractivity contribution is 7.51. The lowest BCUT2D eigenvalue weighted by Gasteiger charge is -2.07. The van der Waals surface area contributed by atoms with Gasteiger partial charge in [-0.1, -0.05) is 0 Å². The maximum atomic E-state index is 10.5. The van der Waals surface area contributed by atoms with Gasteiger partial charge in [-0.2, -0.15) is 0 Å². The summed E-state index contributed by atoms with van der Waals surface area (Å²) < 4.78 is 14.5. The number of carbonyl (C=O) groups excluding carboxylic acids is 1.